The normalized spacial score (nSPS) is 12.6. The quantitative estimate of drug-likeness (QED) is 0.922. The van der Waals surface area contributed by atoms with Crippen LogP contribution in [0.4, 0.5) is 0 Å². The van der Waals surface area contributed by atoms with Crippen molar-refractivity contribution < 1.29 is 8.42 Å². The summed E-state index contributed by atoms with van der Waals surface area (Å²) >= 11 is 0. The van der Waals surface area contributed by atoms with E-state index in [2.05, 4.69) is 4.72 Å². The highest BCUT2D eigenvalue weighted by atomic mass is 32.2. The molecule has 0 aliphatic rings. The van der Waals surface area contributed by atoms with E-state index >= 15 is 0 Å². The van der Waals surface area contributed by atoms with Crippen molar-refractivity contribution in [3.8, 4) is 6.07 Å². The number of benzene rings is 2. The molecule has 2 aromatic carbocycles. The summed E-state index contributed by atoms with van der Waals surface area (Å²) < 4.78 is 27.1. The highest BCUT2D eigenvalue weighted by Gasteiger charge is 2.20. The van der Waals surface area contributed by atoms with E-state index in [0.29, 0.717) is 5.56 Å². The lowest BCUT2D eigenvalue weighted by Crippen LogP contribution is -2.29. The van der Waals surface area contributed by atoms with Crippen LogP contribution in [-0.4, -0.2) is 8.42 Å². The molecular weight excluding hydrogens is 296 g/mol. The molecule has 22 heavy (non-hydrogen) atoms. The minimum absolute atomic E-state index is 0.135. The van der Waals surface area contributed by atoms with Crippen molar-refractivity contribution in [3.05, 3.63) is 70.8 Å². The summed E-state index contributed by atoms with van der Waals surface area (Å²) in [5.74, 6) is -0.135. The Morgan fingerprint density at radius 2 is 1.73 bits per heavy atom. The van der Waals surface area contributed by atoms with E-state index in [4.69, 9.17) is 0 Å². The Morgan fingerprint density at radius 3 is 2.32 bits per heavy atom. The van der Waals surface area contributed by atoms with Crippen LogP contribution in [0.5, 0.6) is 0 Å². The van der Waals surface area contributed by atoms with Crippen LogP contribution in [-0.2, 0) is 15.8 Å². The van der Waals surface area contributed by atoms with Crippen molar-refractivity contribution in [2.24, 2.45) is 0 Å². The second-order valence-corrected chi connectivity index (χ2v) is 7.03. The molecule has 5 heteroatoms. The largest absolute Gasteiger partial charge is 0.217 e. The molecule has 0 amide bonds. The lowest BCUT2D eigenvalue weighted by atomic mass is 10.1. The maximum absolute atomic E-state index is 12.3. The monoisotopic (exact) mass is 314 g/mol. The molecule has 0 spiro atoms. The third-order valence-corrected chi connectivity index (χ3v) is 4.73. The first-order chi connectivity index (χ1) is 10.4. The van der Waals surface area contributed by atoms with Gasteiger partial charge in [0.15, 0.2) is 0 Å². The first-order valence-electron chi connectivity index (χ1n) is 6.92. The Balaban J connectivity index is 2.18. The Kier molecular flexibility index (Phi) is 4.96. The van der Waals surface area contributed by atoms with Crippen LogP contribution in [0.25, 0.3) is 0 Å². The molecule has 1 unspecified atom stereocenters. The first-order valence-corrected chi connectivity index (χ1v) is 8.57. The molecule has 4 nitrogen and oxygen atoms in total. The molecule has 114 valence electrons. The average Bonchev–Trinajstić information content (AvgIpc) is 2.48. The van der Waals surface area contributed by atoms with Crippen LogP contribution in [0, 0.1) is 25.2 Å². The topological polar surface area (TPSA) is 70.0 Å². The fourth-order valence-electron chi connectivity index (χ4n) is 2.13. The molecule has 0 aliphatic carbocycles. The van der Waals surface area contributed by atoms with Gasteiger partial charge in [-0.05, 0) is 30.5 Å². The fourth-order valence-corrected chi connectivity index (χ4v) is 3.49. The Bertz CT molecular complexity index is 790. The predicted molar refractivity (Wildman–Crippen MR) is 86.5 cm³/mol. The predicted octanol–water partition coefficient (Wildman–Crippen LogP) is 2.99. The maximum atomic E-state index is 12.3. The summed E-state index contributed by atoms with van der Waals surface area (Å²) in [6.45, 7) is 3.81. The molecule has 0 heterocycles. The zero-order chi connectivity index (χ0) is 16.2. The van der Waals surface area contributed by atoms with Crippen molar-refractivity contribution in [3.63, 3.8) is 0 Å². The smallest absolute Gasteiger partial charge is 0.212 e. The van der Waals surface area contributed by atoms with Crippen LogP contribution < -0.4 is 4.72 Å². The fraction of sp³-hybridized carbons (Fsp3) is 0.235. The molecule has 2 aromatic rings. The van der Waals surface area contributed by atoms with Crippen LogP contribution in [0.1, 0.15) is 28.3 Å². The van der Waals surface area contributed by atoms with Crippen LogP contribution in [0.15, 0.2) is 48.5 Å². The number of hydrogen-bond acceptors (Lipinski definition) is 3. The van der Waals surface area contributed by atoms with Gasteiger partial charge in [0.2, 0.25) is 10.0 Å². The van der Waals surface area contributed by atoms with E-state index in [0.717, 1.165) is 16.7 Å². The molecule has 1 N–H and O–H groups in total. The molecule has 0 fully saturated rings. The van der Waals surface area contributed by atoms with Crippen molar-refractivity contribution in [1.82, 2.24) is 4.72 Å². The number of sulfonamides is 1. The minimum Gasteiger partial charge on any atom is -0.212 e. The Labute approximate surface area is 131 Å². The van der Waals surface area contributed by atoms with Gasteiger partial charge in [-0.2, -0.15) is 9.98 Å². The van der Waals surface area contributed by atoms with Gasteiger partial charge in [0.05, 0.1) is 11.8 Å². The van der Waals surface area contributed by atoms with Crippen LogP contribution in [0.3, 0.4) is 0 Å². The Hall–Kier alpha value is -2.16. The van der Waals surface area contributed by atoms with Crippen molar-refractivity contribution >= 4 is 10.0 Å². The van der Waals surface area contributed by atoms with Gasteiger partial charge < -0.3 is 0 Å². The average molecular weight is 314 g/mol. The number of nitrogens with zero attached hydrogens (tertiary/aromatic N) is 1. The summed E-state index contributed by atoms with van der Waals surface area (Å²) in [6, 6.07) is 15.7. The zero-order valence-electron chi connectivity index (χ0n) is 12.6. The number of nitriles is 1. The number of nitrogens with one attached hydrogen (secondary N) is 1. The molecule has 0 aliphatic heterocycles. The van der Waals surface area contributed by atoms with E-state index in [-0.39, 0.29) is 5.75 Å². The SMILES string of the molecule is Cc1ccc(C(C#N)NS(=O)(=O)Cc2ccccc2C)cc1. The van der Waals surface area contributed by atoms with Gasteiger partial charge in [-0.3, -0.25) is 0 Å². The maximum Gasteiger partial charge on any atom is 0.217 e. The lowest BCUT2D eigenvalue weighted by molar-refractivity contribution is 0.574. The molecule has 0 saturated carbocycles. The van der Waals surface area contributed by atoms with Crippen molar-refractivity contribution in [2.75, 3.05) is 0 Å². The lowest BCUT2D eigenvalue weighted by Gasteiger charge is -2.13. The van der Waals surface area contributed by atoms with Gasteiger partial charge in [-0.1, -0.05) is 54.1 Å². The molecular formula is C17H18N2O2S. The summed E-state index contributed by atoms with van der Waals surface area (Å²) in [4.78, 5) is 0. The van der Waals surface area contributed by atoms with E-state index in [1.807, 2.05) is 44.2 Å². The number of hydrogen-bond donors (Lipinski definition) is 1. The van der Waals surface area contributed by atoms with Crippen molar-refractivity contribution in [2.45, 2.75) is 25.6 Å². The number of rotatable bonds is 5. The van der Waals surface area contributed by atoms with Crippen LogP contribution in [0.2, 0.25) is 0 Å². The standard InChI is InChI=1S/C17H18N2O2S/c1-13-7-9-15(10-8-13)17(11-18)19-22(20,21)12-16-6-4-3-5-14(16)2/h3-10,17,19H,12H2,1-2H3. The van der Waals surface area contributed by atoms with Gasteiger partial charge in [-0.15, -0.1) is 0 Å². The van der Waals surface area contributed by atoms with E-state index in [1.54, 1.807) is 24.3 Å². The van der Waals surface area contributed by atoms with Gasteiger partial charge in [-0.25, -0.2) is 8.42 Å². The second-order valence-electron chi connectivity index (χ2n) is 5.28. The second kappa shape index (κ2) is 6.73. The number of aryl methyl sites for hydroxylation is 2. The first kappa shape index (κ1) is 16.2. The van der Waals surface area contributed by atoms with E-state index in [9.17, 15) is 13.7 Å². The zero-order valence-corrected chi connectivity index (χ0v) is 13.4. The minimum atomic E-state index is -3.60. The molecule has 2 rings (SSSR count). The van der Waals surface area contributed by atoms with Gasteiger partial charge >= 0.3 is 0 Å². The summed E-state index contributed by atoms with van der Waals surface area (Å²) in [6.07, 6.45) is 0. The van der Waals surface area contributed by atoms with Gasteiger partial charge in [0, 0.05) is 0 Å². The molecule has 1 atom stereocenters. The van der Waals surface area contributed by atoms with Crippen LogP contribution >= 0.6 is 0 Å². The molecule has 0 saturated heterocycles. The highest BCUT2D eigenvalue weighted by Crippen LogP contribution is 2.17. The van der Waals surface area contributed by atoms with Gasteiger partial charge in [0.25, 0.3) is 0 Å². The highest BCUT2D eigenvalue weighted by molar-refractivity contribution is 7.88. The Morgan fingerprint density at radius 1 is 1.09 bits per heavy atom. The van der Waals surface area contributed by atoms with E-state index in [1.165, 1.54) is 0 Å². The molecule has 0 radical (unpaired) electrons. The molecule has 0 bridgehead atoms. The summed E-state index contributed by atoms with van der Waals surface area (Å²) in [5.41, 5.74) is 3.34. The van der Waals surface area contributed by atoms with Gasteiger partial charge in [0.1, 0.15) is 6.04 Å². The third-order valence-electron chi connectivity index (χ3n) is 3.44. The third kappa shape index (κ3) is 4.17. The van der Waals surface area contributed by atoms with E-state index < -0.39 is 16.1 Å². The molecule has 0 aromatic heterocycles. The van der Waals surface area contributed by atoms with Crippen molar-refractivity contribution in [1.29, 1.82) is 5.26 Å². The summed E-state index contributed by atoms with van der Waals surface area (Å²) in [7, 11) is -3.60. The summed E-state index contributed by atoms with van der Waals surface area (Å²) in [5, 5.41) is 9.26.